The van der Waals surface area contributed by atoms with Crippen LogP contribution in [0.1, 0.15) is 12.0 Å². The summed E-state index contributed by atoms with van der Waals surface area (Å²) in [5.74, 6) is 0.0254. The molecular weight excluding hydrogens is 262 g/mol. The first kappa shape index (κ1) is 12.4. The van der Waals surface area contributed by atoms with Crippen LogP contribution < -0.4 is 5.73 Å². The fourth-order valence-corrected chi connectivity index (χ4v) is 2.61. The molecule has 0 spiro atoms. The van der Waals surface area contributed by atoms with Crippen LogP contribution in [-0.4, -0.2) is 28.4 Å². The lowest BCUT2D eigenvalue weighted by atomic mass is 10.1. The summed E-state index contributed by atoms with van der Waals surface area (Å²) < 4.78 is 0. The van der Waals surface area contributed by atoms with E-state index in [9.17, 15) is 4.79 Å². The second kappa shape index (κ2) is 4.79. The van der Waals surface area contributed by atoms with E-state index in [1.807, 2.05) is 18.2 Å². The standard InChI is InChI=1S/C14H14ClN3O/c15-11-3-5-17-13-2-1-9(7-10(11)13)8-18-6-4-12(16)14(18)19/h1-3,5,7,12H,4,6,8,16H2. The molecule has 1 aromatic heterocycles. The van der Waals surface area contributed by atoms with Crippen LogP contribution in [-0.2, 0) is 11.3 Å². The number of nitrogens with two attached hydrogens (primary N) is 1. The van der Waals surface area contributed by atoms with Gasteiger partial charge in [0.15, 0.2) is 0 Å². The zero-order valence-electron chi connectivity index (χ0n) is 10.3. The molecule has 0 saturated carbocycles. The van der Waals surface area contributed by atoms with Crippen molar-refractivity contribution in [2.45, 2.75) is 19.0 Å². The van der Waals surface area contributed by atoms with Gasteiger partial charge in [-0.1, -0.05) is 17.7 Å². The molecule has 1 fully saturated rings. The molecule has 98 valence electrons. The van der Waals surface area contributed by atoms with Gasteiger partial charge in [-0.3, -0.25) is 9.78 Å². The van der Waals surface area contributed by atoms with Gasteiger partial charge in [-0.2, -0.15) is 0 Å². The lowest BCUT2D eigenvalue weighted by molar-refractivity contribution is -0.129. The summed E-state index contributed by atoms with van der Waals surface area (Å²) in [6.07, 6.45) is 2.42. The predicted octanol–water partition coefficient (Wildman–Crippen LogP) is 1.95. The molecule has 2 aromatic rings. The van der Waals surface area contributed by atoms with E-state index in [-0.39, 0.29) is 11.9 Å². The first-order chi connectivity index (χ1) is 9.15. The summed E-state index contributed by atoms with van der Waals surface area (Å²) in [5.41, 5.74) is 7.62. The van der Waals surface area contributed by atoms with E-state index in [0.29, 0.717) is 11.6 Å². The Morgan fingerprint density at radius 3 is 3.00 bits per heavy atom. The number of carbonyl (C=O) groups excluding carboxylic acids is 1. The van der Waals surface area contributed by atoms with E-state index >= 15 is 0 Å². The van der Waals surface area contributed by atoms with Crippen LogP contribution >= 0.6 is 11.6 Å². The molecule has 1 saturated heterocycles. The van der Waals surface area contributed by atoms with Crippen molar-refractivity contribution in [3.8, 4) is 0 Å². The molecule has 1 aliphatic rings. The van der Waals surface area contributed by atoms with Crippen LogP contribution in [0.25, 0.3) is 10.9 Å². The van der Waals surface area contributed by atoms with Gasteiger partial charge in [0.2, 0.25) is 5.91 Å². The number of pyridine rings is 1. The van der Waals surface area contributed by atoms with Crippen molar-refractivity contribution in [1.82, 2.24) is 9.88 Å². The van der Waals surface area contributed by atoms with E-state index in [1.165, 1.54) is 0 Å². The number of halogens is 1. The fourth-order valence-electron chi connectivity index (χ4n) is 2.40. The monoisotopic (exact) mass is 275 g/mol. The molecule has 4 nitrogen and oxygen atoms in total. The normalized spacial score (nSPS) is 19.4. The Hall–Kier alpha value is -1.65. The molecule has 1 amide bonds. The van der Waals surface area contributed by atoms with Crippen LogP contribution in [0.15, 0.2) is 30.5 Å². The largest absolute Gasteiger partial charge is 0.337 e. The zero-order valence-corrected chi connectivity index (χ0v) is 11.1. The second-order valence-electron chi connectivity index (χ2n) is 4.80. The van der Waals surface area contributed by atoms with Crippen molar-refractivity contribution < 1.29 is 4.79 Å². The molecule has 3 rings (SSSR count). The second-order valence-corrected chi connectivity index (χ2v) is 5.21. The van der Waals surface area contributed by atoms with Gasteiger partial charge in [0.05, 0.1) is 16.6 Å². The van der Waals surface area contributed by atoms with Crippen LogP contribution in [0.3, 0.4) is 0 Å². The number of carbonyl (C=O) groups is 1. The minimum atomic E-state index is -0.342. The maximum absolute atomic E-state index is 11.8. The number of hydrogen-bond acceptors (Lipinski definition) is 3. The average Bonchev–Trinajstić information content (AvgIpc) is 2.72. The van der Waals surface area contributed by atoms with Gasteiger partial charge in [0.1, 0.15) is 0 Å². The molecular formula is C14H14ClN3O. The van der Waals surface area contributed by atoms with E-state index in [4.69, 9.17) is 17.3 Å². The Bertz CT molecular complexity index is 644. The van der Waals surface area contributed by atoms with Crippen molar-refractivity contribution in [2.75, 3.05) is 6.54 Å². The number of likely N-dealkylation sites (tertiary alicyclic amines) is 1. The van der Waals surface area contributed by atoms with Crippen molar-refractivity contribution >= 4 is 28.4 Å². The first-order valence-electron chi connectivity index (χ1n) is 6.22. The molecule has 1 aliphatic heterocycles. The van der Waals surface area contributed by atoms with Crippen molar-refractivity contribution in [1.29, 1.82) is 0 Å². The van der Waals surface area contributed by atoms with Crippen molar-refractivity contribution in [3.63, 3.8) is 0 Å². The third kappa shape index (κ3) is 2.29. The maximum Gasteiger partial charge on any atom is 0.239 e. The summed E-state index contributed by atoms with van der Waals surface area (Å²) in [6, 6.07) is 7.32. The highest BCUT2D eigenvalue weighted by Crippen LogP contribution is 2.23. The SMILES string of the molecule is NC1CCN(Cc2ccc3nccc(Cl)c3c2)C1=O. The summed E-state index contributed by atoms with van der Waals surface area (Å²) in [4.78, 5) is 17.8. The van der Waals surface area contributed by atoms with Crippen LogP contribution in [0.4, 0.5) is 0 Å². The molecule has 0 radical (unpaired) electrons. The number of fused-ring (bicyclic) bond motifs is 1. The topological polar surface area (TPSA) is 59.2 Å². The van der Waals surface area contributed by atoms with Gasteiger partial charge in [-0.05, 0) is 30.2 Å². The molecule has 2 N–H and O–H groups in total. The number of benzene rings is 1. The molecule has 0 aliphatic carbocycles. The predicted molar refractivity (Wildman–Crippen MR) is 74.8 cm³/mol. The average molecular weight is 276 g/mol. The fraction of sp³-hybridized carbons (Fsp3) is 0.286. The number of rotatable bonds is 2. The molecule has 2 heterocycles. The number of nitrogens with zero attached hydrogens (tertiary/aromatic N) is 2. The molecule has 1 unspecified atom stereocenters. The molecule has 5 heteroatoms. The Morgan fingerprint density at radius 1 is 1.42 bits per heavy atom. The van der Waals surface area contributed by atoms with E-state index in [0.717, 1.165) is 29.4 Å². The summed E-state index contributed by atoms with van der Waals surface area (Å²) in [5, 5.41) is 1.59. The smallest absolute Gasteiger partial charge is 0.239 e. The van der Waals surface area contributed by atoms with Gasteiger partial charge in [0.25, 0.3) is 0 Å². The first-order valence-corrected chi connectivity index (χ1v) is 6.60. The Morgan fingerprint density at radius 2 is 2.26 bits per heavy atom. The minimum Gasteiger partial charge on any atom is -0.337 e. The van der Waals surface area contributed by atoms with E-state index in [2.05, 4.69) is 4.98 Å². The Balaban J connectivity index is 1.90. The minimum absolute atomic E-state index is 0.0254. The number of amides is 1. The van der Waals surface area contributed by atoms with Gasteiger partial charge < -0.3 is 10.6 Å². The van der Waals surface area contributed by atoms with Crippen molar-refractivity contribution in [2.24, 2.45) is 5.73 Å². The van der Waals surface area contributed by atoms with E-state index < -0.39 is 0 Å². The zero-order chi connectivity index (χ0) is 13.4. The summed E-state index contributed by atoms with van der Waals surface area (Å²) in [7, 11) is 0. The summed E-state index contributed by atoms with van der Waals surface area (Å²) in [6.45, 7) is 1.30. The Labute approximate surface area is 116 Å². The van der Waals surface area contributed by atoms with Gasteiger partial charge >= 0.3 is 0 Å². The lowest BCUT2D eigenvalue weighted by Gasteiger charge is -2.16. The number of hydrogen-bond donors (Lipinski definition) is 1. The molecule has 0 bridgehead atoms. The van der Waals surface area contributed by atoms with Crippen LogP contribution in [0, 0.1) is 0 Å². The highest BCUT2D eigenvalue weighted by atomic mass is 35.5. The van der Waals surface area contributed by atoms with E-state index in [1.54, 1.807) is 17.2 Å². The van der Waals surface area contributed by atoms with Crippen LogP contribution in [0.2, 0.25) is 5.02 Å². The maximum atomic E-state index is 11.8. The molecule has 19 heavy (non-hydrogen) atoms. The molecule has 1 atom stereocenters. The van der Waals surface area contributed by atoms with Gasteiger partial charge in [-0.15, -0.1) is 0 Å². The van der Waals surface area contributed by atoms with Crippen molar-refractivity contribution in [3.05, 3.63) is 41.0 Å². The number of aromatic nitrogens is 1. The quantitative estimate of drug-likeness (QED) is 0.911. The van der Waals surface area contributed by atoms with Crippen LogP contribution in [0.5, 0.6) is 0 Å². The highest BCUT2D eigenvalue weighted by molar-refractivity contribution is 6.35. The Kier molecular flexibility index (Phi) is 3.12. The lowest BCUT2D eigenvalue weighted by Crippen LogP contribution is -2.33. The van der Waals surface area contributed by atoms with Gasteiger partial charge in [0, 0.05) is 24.7 Å². The summed E-state index contributed by atoms with van der Waals surface area (Å²) >= 11 is 6.16. The molecule has 1 aromatic carbocycles. The third-order valence-electron chi connectivity index (χ3n) is 3.47. The highest BCUT2D eigenvalue weighted by Gasteiger charge is 2.28. The van der Waals surface area contributed by atoms with Gasteiger partial charge in [-0.25, -0.2) is 0 Å². The third-order valence-corrected chi connectivity index (χ3v) is 3.79.